The maximum absolute atomic E-state index is 12.4. The lowest BCUT2D eigenvalue weighted by atomic mass is 9.97. The van der Waals surface area contributed by atoms with Crippen LogP contribution in [0.25, 0.3) is 0 Å². The first-order chi connectivity index (χ1) is 11.0. The van der Waals surface area contributed by atoms with Crippen molar-refractivity contribution in [2.24, 2.45) is 0 Å². The van der Waals surface area contributed by atoms with Gasteiger partial charge in [0.1, 0.15) is 0 Å². The number of hydrogen-bond donors (Lipinski definition) is 1. The van der Waals surface area contributed by atoms with Crippen LogP contribution in [0.1, 0.15) is 46.7 Å². The lowest BCUT2D eigenvalue weighted by Crippen LogP contribution is -2.51. The highest BCUT2D eigenvalue weighted by atomic mass is 32.1. The van der Waals surface area contributed by atoms with E-state index in [0.717, 1.165) is 35.4 Å². The van der Waals surface area contributed by atoms with Crippen molar-refractivity contribution in [2.75, 3.05) is 26.2 Å². The van der Waals surface area contributed by atoms with Crippen LogP contribution in [-0.4, -0.2) is 58.5 Å². The highest BCUT2D eigenvalue weighted by Gasteiger charge is 2.35. The number of carbonyl (C=O) groups is 2. The molecule has 0 unspecified atom stereocenters. The van der Waals surface area contributed by atoms with E-state index < -0.39 is 5.60 Å². The highest BCUT2D eigenvalue weighted by molar-refractivity contribution is 7.13. The number of nitrogens with zero attached hydrogens (tertiary/aromatic N) is 2. The summed E-state index contributed by atoms with van der Waals surface area (Å²) in [6.45, 7) is 4.25. The minimum atomic E-state index is -0.793. The summed E-state index contributed by atoms with van der Waals surface area (Å²) in [6, 6.07) is 3.83. The molecule has 1 N–H and O–H groups in total. The lowest BCUT2D eigenvalue weighted by Gasteiger charge is -2.36. The van der Waals surface area contributed by atoms with Gasteiger partial charge in [-0.2, -0.15) is 0 Å². The first kappa shape index (κ1) is 16.5. The monoisotopic (exact) mass is 336 g/mol. The van der Waals surface area contributed by atoms with Gasteiger partial charge in [-0.3, -0.25) is 9.59 Å². The fourth-order valence-corrected chi connectivity index (χ4v) is 4.30. The molecule has 1 aromatic rings. The Hall–Kier alpha value is -1.40. The maximum Gasteiger partial charge on any atom is 0.264 e. The van der Waals surface area contributed by atoms with Crippen molar-refractivity contribution in [3.8, 4) is 0 Å². The molecule has 1 saturated heterocycles. The van der Waals surface area contributed by atoms with E-state index in [1.54, 1.807) is 4.90 Å². The molecule has 0 bridgehead atoms. The van der Waals surface area contributed by atoms with Gasteiger partial charge >= 0.3 is 0 Å². The van der Waals surface area contributed by atoms with Crippen molar-refractivity contribution in [3.05, 3.63) is 21.9 Å². The van der Waals surface area contributed by atoms with Crippen LogP contribution in [0.3, 0.4) is 0 Å². The first-order valence-corrected chi connectivity index (χ1v) is 9.14. The van der Waals surface area contributed by atoms with Crippen molar-refractivity contribution in [2.45, 2.75) is 44.6 Å². The molecule has 1 aliphatic heterocycles. The second kappa shape index (κ2) is 6.61. The van der Waals surface area contributed by atoms with Gasteiger partial charge in [-0.1, -0.05) is 12.8 Å². The van der Waals surface area contributed by atoms with Gasteiger partial charge in [0.2, 0.25) is 5.91 Å². The van der Waals surface area contributed by atoms with Crippen molar-refractivity contribution in [1.82, 2.24) is 9.80 Å². The lowest BCUT2D eigenvalue weighted by molar-refractivity contribution is -0.137. The van der Waals surface area contributed by atoms with E-state index in [1.807, 2.05) is 24.0 Å². The summed E-state index contributed by atoms with van der Waals surface area (Å²) >= 11 is 1.51. The van der Waals surface area contributed by atoms with Crippen LogP contribution >= 0.6 is 11.3 Å². The predicted octanol–water partition coefficient (Wildman–Crippen LogP) is 2.04. The minimum absolute atomic E-state index is 0.0217. The Morgan fingerprint density at radius 2 is 1.74 bits per heavy atom. The normalized spacial score (nSPS) is 20.8. The van der Waals surface area contributed by atoms with Gasteiger partial charge in [0.05, 0.1) is 16.9 Å². The van der Waals surface area contributed by atoms with Gasteiger partial charge in [0, 0.05) is 31.1 Å². The van der Waals surface area contributed by atoms with Crippen molar-refractivity contribution in [3.63, 3.8) is 0 Å². The van der Waals surface area contributed by atoms with Crippen LogP contribution in [0.15, 0.2) is 12.1 Å². The third-order valence-corrected chi connectivity index (χ3v) is 5.87. The van der Waals surface area contributed by atoms with E-state index in [1.165, 1.54) is 11.3 Å². The number of aryl methyl sites for hydroxylation is 1. The topological polar surface area (TPSA) is 60.9 Å². The molecule has 1 aliphatic carbocycles. The van der Waals surface area contributed by atoms with E-state index in [2.05, 4.69) is 0 Å². The van der Waals surface area contributed by atoms with Gasteiger partial charge in [-0.15, -0.1) is 11.3 Å². The fourth-order valence-electron chi connectivity index (χ4n) is 3.47. The Kier molecular flexibility index (Phi) is 4.73. The van der Waals surface area contributed by atoms with Crippen molar-refractivity contribution < 1.29 is 14.7 Å². The third kappa shape index (κ3) is 3.75. The van der Waals surface area contributed by atoms with Crippen molar-refractivity contribution >= 4 is 23.2 Å². The van der Waals surface area contributed by atoms with Crippen LogP contribution in [-0.2, 0) is 4.79 Å². The Labute approximate surface area is 140 Å². The SMILES string of the molecule is Cc1ccc(C(=O)N2CCN(C(=O)CC3(O)CCCC3)CC2)s1. The third-order valence-electron chi connectivity index (χ3n) is 4.89. The van der Waals surface area contributed by atoms with Crippen molar-refractivity contribution in [1.29, 1.82) is 0 Å². The molecule has 2 heterocycles. The number of piperazine rings is 1. The summed E-state index contributed by atoms with van der Waals surface area (Å²) in [7, 11) is 0. The van der Waals surface area contributed by atoms with E-state index in [4.69, 9.17) is 0 Å². The fraction of sp³-hybridized carbons (Fsp3) is 0.647. The van der Waals surface area contributed by atoms with Gasteiger partial charge in [0.25, 0.3) is 5.91 Å². The molecular formula is C17H24N2O3S. The first-order valence-electron chi connectivity index (χ1n) is 8.33. The number of rotatable bonds is 3. The minimum Gasteiger partial charge on any atom is -0.389 e. The zero-order valence-electron chi connectivity index (χ0n) is 13.6. The molecule has 2 amide bonds. The van der Waals surface area contributed by atoms with E-state index in [0.29, 0.717) is 26.2 Å². The number of hydrogen-bond acceptors (Lipinski definition) is 4. The molecular weight excluding hydrogens is 312 g/mol. The molecule has 0 aromatic carbocycles. The summed E-state index contributed by atoms with van der Waals surface area (Å²) in [4.78, 5) is 30.3. The predicted molar refractivity (Wildman–Crippen MR) is 89.6 cm³/mol. The molecule has 5 nitrogen and oxygen atoms in total. The summed E-state index contributed by atoms with van der Waals surface area (Å²) in [6.07, 6.45) is 3.70. The summed E-state index contributed by atoms with van der Waals surface area (Å²) in [5.41, 5.74) is -0.793. The van der Waals surface area contributed by atoms with Gasteiger partial charge < -0.3 is 14.9 Å². The second-order valence-corrected chi connectivity index (χ2v) is 7.98. The zero-order chi connectivity index (χ0) is 16.4. The van der Waals surface area contributed by atoms with E-state index in [-0.39, 0.29) is 18.2 Å². The summed E-state index contributed by atoms with van der Waals surface area (Å²) in [5.74, 6) is 0.0816. The quantitative estimate of drug-likeness (QED) is 0.919. The average Bonchev–Trinajstić information content (AvgIpc) is 3.15. The van der Waals surface area contributed by atoms with Crippen LogP contribution < -0.4 is 0 Å². The number of thiophene rings is 1. The van der Waals surface area contributed by atoms with Crippen LogP contribution in [0.4, 0.5) is 0 Å². The maximum atomic E-state index is 12.4. The van der Waals surface area contributed by atoms with Crippen LogP contribution in [0, 0.1) is 6.92 Å². The molecule has 3 rings (SSSR count). The van der Waals surface area contributed by atoms with E-state index >= 15 is 0 Å². The van der Waals surface area contributed by atoms with E-state index in [9.17, 15) is 14.7 Å². The molecule has 23 heavy (non-hydrogen) atoms. The summed E-state index contributed by atoms with van der Waals surface area (Å²) in [5, 5.41) is 10.4. The molecule has 2 fully saturated rings. The number of aliphatic hydroxyl groups is 1. The molecule has 1 saturated carbocycles. The van der Waals surface area contributed by atoms with Crippen LogP contribution in [0.5, 0.6) is 0 Å². The van der Waals surface area contributed by atoms with Gasteiger partial charge in [-0.05, 0) is 31.9 Å². The molecule has 6 heteroatoms. The second-order valence-electron chi connectivity index (χ2n) is 6.69. The van der Waals surface area contributed by atoms with Crippen LogP contribution in [0.2, 0.25) is 0 Å². The summed E-state index contributed by atoms with van der Waals surface area (Å²) < 4.78 is 0. The van der Waals surface area contributed by atoms with Gasteiger partial charge in [0.15, 0.2) is 0 Å². The molecule has 0 radical (unpaired) electrons. The Morgan fingerprint density at radius 3 is 2.30 bits per heavy atom. The van der Waals surface area contributed by atoms with Gasteiger partial charge in [-0.25, -0.2) is 0 Å². The smallest absolute Gasteiger partial charge is 0.264 e. The molecule has 1 aromatic heterocycles. The Morgan fingerprint density at radius 1 is 1.13 bits per heavy atom. The molecule has 0 spiro atoms. The Bertz CT molecular complexity index is 584. The zero-order valence-corrected chi connectivity index (χ0v) is 14.4. The molecule has 2 aliphatic rings. The average molecular weight is 336 g/mol. The Balaban J connectivity index is 1.52. The standard InChI is InChI=1S/C17H24N2O3S/c1-13-4-5-14(23-13)16(21)19-10-8-18(9-11-19)15(20)12-17(22)6-2-3-7-17/h4-5,22H,2-3,6-12H2,1H3. The number of amides is 2. The molecule has 126 valence electrons. The highest BCUT2D eigenvalue weighted by Crippen LogP contribution is 2.32. The molecule has 0 atom stereocenters. The largest absolute Gasteiger partial charge is 0.389 e. The number of carbonyl (C=O) groups excluding carboxylic acids is 2.